The van der Waals surface area contributed by atoms with Gasteiger partial charge < -0.3 is 0 Å². The molecule has 1 atom stereocenters. The maximum Gasteiger partial charge on any atom is 0.275 e. The lowest BCUT2D eigenvalue weighted by atomic mass is 10.1. The van der Waals surface area contributed by atoms with Crippen LogP contribution in [0.25, 0.3) is 10.8 Å². The molecule has 1 unspecified atom stereocenters. The SMILES string of the molecule is Cc1nn(CN(C2CC2)C2CCc3ccccc32)c(=O)c2ccccc12. The van der Waals surface area contributed by atoms with Gasteiger partial charge in [0.05, 0.1) is 17.7 Å². The fourth-order valence-electron chi connectivity index (χ4n) is 4.41. The third-order valence-corrected chi connectivity index (χ3v) is 5.87. The molecule has 0 amide bonds. The molecule has 26 heavy (non-hydrogen) atoms. The first-order valence-corrected chi connectivity index (χ1v) is 9.52. The standard InChI is InChI=1S/C22H23N3O/c1-15-18-7-4-5-9-20(18)22(26)25(23-15)14-24(17-11-12-17)21-13-10-16-6-2-3-8-19(16)21/h2-9,17,21H,10-14H2,1H3. The second-order valence-electron chi connectivity index (χ2n) is 7.58. The van der Waals surface area contributed by atoms with Crippen LogP contribution < -0.4 is 5.56 Å². The predicted octanol–water partition coefficient (Wildman–Crippen LogP) is 3.81. The normalized spacial score (nSPS) is 19.2. The van der Waals surface area contributed by atoms with Crippen molar-refractivity contribution in [2.75, 3.05) is 0 Å². The zero-order chi connectivity index (χ0) is 17.7. The van der Waals surface area contributed by atoms with Crippen LogP contribution in [0.5, 0.6) is 0 Å². The van der Waals surface area contributed by atoms with Crippen LogP contribution in [0.15, 0.2) is 53.3 Å². The van der Waals surface area contributed by atoms with Crippen molar-refractivity contribution >= 4 is 10.8 Å². The number of fused-ring (bicyclic) bond motifs is 2. The Bertz CT molecular complexity index is 1030. The van der Waals surface area contributed by atoms with Crippen LogP contribution in [0, 0.1) is 6.92 Å². The Labute approximate surface area is 153 Å². The van der Waals surface area contributed by atoms with Gasteiger partial charge in [-0.3, -0.25) is 9.69 Å². The van der Waals surface area contributed by atoms with Gasteiger partial charge >= 0.3 is 0 Å². The third-order valence-electron chi connectivity index (χ3n) is 5.87. The summed E-state index contributed by atoms with van der Waals surface area (Å²) in [6.07, 6.45) is 4.71. The van der Waals surface area contributed by atoms with Crippen LogP contribution in [0.4, 0.5) is 0 Å². The lowest BCUT2D eigenvalue weighted by Crippen LogP contribution is -2.37. The van der Waals surface area contributed by atoms with Crippen molar-refractivity contribution in [2.24, 2.45) is 0 Å². The summed E-state index contributed by atoms with van der Waals surface area (Å²) in [6.45, 7) is 2.57. The number of hydrogen-bond donors (Lipinski definition) is 0. The number of nitrogens with zero attached hydrogens (tertiary/aromatic N) is 3. The van der Waals surface area contributed by atoms with Gasteiger partial charge in [-0.1, -0.05) is 42.5 Å². The van der Waals surface area contributed by atoms with E-state index in [4.69, 9.17) is 0 Å². The molecule has 1 fully saturated rings. The van der Waals surface area contributed by atoms with E-state index in [1.165, 1.54) is 24.0 Å². The highest BCUT2D eigenvalue weighted by Crippen LogP contribution is 2.41. The van der Waals surface area contributed by atoms with Crippen molar-refractivity contribution in [2.45, 2.75) is 51.4 Å². The summed E-state index contributed by atoms with van der Waals surface area (Å²) in [7, 11) is 0. The second kappa shape index (κ2) is 6.06. The molecule has 0 aliphatic heterocycles. The van der Waals surface area contributed by atoms with Crippen molar-refractivity contribution in [1.29, 1.82) is 0 Å². The Morgan fingerprint density at radius 3 is 2.58 bits per heavy atom. The van der Waals surface area contributed by atoms with Crippen molar-refractivity contribution in [1.82, 2.24) is 14.7 Å². The van der Waals surface area contributed by atoms with Crippen LogP contribution in [-0.2, 0) is 13.1 Å². The van der Waals surface area contributed by atoms with Gasteiger partial charge in [0.1, 0.15) is 0 Å². The van der Waals surface area contributed by atoms with E-state index >= 15 is 0 Å². The van der Waals surface area contributed by atoms with Crippen molar-refractivity contribution < 1.29 is 0 Å². The quantitative estimate of drug-likeness (QED) is 0.721. The largest absolute Gasteiger partial charge is 0.275 e. The zero-order valence-corrected chi connectivity index (χ0v) is 15.1. The molecular weight excluding hydrogens is 322 g/mol. The Kier molecular flexibility index (Phi) is 3.68. The fraction of sp³-hybridized carbons (Fsp3) is 0.364. The summed E-state index contributed by atoms with van der Waals surface area (Å²) in [5.41, 5.74) is 3.83. The van der Waals surface area contributed by atoms with Gasteiger partial charge in [0.2, 0.25) is 0 Å². The Balaban J connectivity index is 1.54. The van der Waals surface area contributed by atoms with E-state index in [1.54, 1.807) is 4.68 Å². The van der Waals surface area contributed by atoms with E-state index in [0.717, 1.165) is 29.3 Å². The van der Waals surface area contributed by atoms with Crippen molar-refractivity contribution in [3.05, 3.63) is 75.7 Å². The molecule has 2 aliphatic rings. The fourth-order valence-corrected chi connectivity index (χ4v) is 4.41. The van der Waals surface area contributed by atoms with Crippen LogP contribution >= 0.6 is 0 Å². The molecule has 2 aliphatic carbocycles. The van der Waals surface area contributed by atoms with Crippen LogP contribution in [-0.4, -0.2) is 20.7 Å². The average Bonchev–Trinajstić information content (AvgIpc) is 3.43. The van der Waals surface area contributed by atoms with E-state index in [2.05, 4.69) is 34.3 Å². The maximum absolute atomic E-state index is 13.0. The Morgan fingerprint density at radius 2 is 1.77 bits per heavy atom. The number of aryl methyl sites for hydroxylation is 2. The average molecular weight is 345 g/mol. The summed E-state index contributed by atoms with van der Waals surface area (Å²) in [4.78, 5) is 15.5. The van der Waals surface area contributed by atoms with Gasteiger partial charge in [0.25, 0.3) is 5.56 Å². The van der Waals surface area contributed by atoms with E-state index in [-0.39, 0.29) is 5.56 Å². The number of hydrogen-bond acceptors (Lipinski definition) is 3. The molecule has 0 saturated heterocycles. The summed E-state index contributed by atoms with van der Waals surface area (Å²) in [5.74, 6) is 0. The topological polar surface area (TPSA) is 38.1 Å². The minimum atomic E-state index is 0.0168. The summed E-state index contributed by atoms with van der Waals surface area (Å²) in [6, 6.07) is 17.5. The van der Waals surface area contributed by atoms with Crippen molar-refractivity contribution in [3.8, 4) is 0 Å². The summed E-state index contributed by atoms with van der Waals surface area (Å²) < 4.78 is 1.68. The molecular formula is C22H23N3O. The Hall–Kier alpha value is -2.46. The van der Waals surface area contributed by atoms with Crippen LogP contribution in [0.3, 0.4) is 0 Å². The molecule has 4 heteroatoms. The molecule has 1 heterocycles. The van der Waals surface area contributed by atoms with Gasteiger partial charge in [-0.2, -0.15) is 5.10 Å². The first-order valence-electron chi connectivity index (χ1n) is 9.52. The molecule has 4 nitrogen and oxygen atoms in total. The molecule has 0 spiro atoms. The lowest BCUT2D eigenvalue weighted by molar-refractivity contribution is 0.129. The number of aromatic nitrogens is 2. The molecule has 5 rings (SSSR count). The van der Waals surface area contributed by atoms with Crippen LogP contribution in [0.2, 0.25) is 0 Å². The highest BCUT2D eigenvalue weighted by molar-refractivity contribution is 5.83. The maximum atomic E-state index is 13.0. The van der Waals surface area contributed by atoms with E-state index in [9.17, 15) is 4.79 Å². The molecule has 0 bridgehead atoms. The molecule has 1 aromatic heterocycles. The Morgan fingerprint density at radius 1 is 1.04 bits per heavy atom. The predicted molar refractivity (Wildman–Crippen MR) is 103 cm³/mol. The zero-order valence-electron chi connectivity index (χ0n) is 15.1. The van der Waals surface area contributed by atoms with E-state index < -0.39 is 0 Å². The van der Waals surface area contributed by atoms with Gasteiger partial charge in [-0.05, 0) is 49.8 Å². The lowest BCUT2D eigenvalue weighted by Gasteiger charge is -2.30. The monoisotopic (exact) mass is 345 g/mol. The van der Waals surface area contributed by atoms with Gasteiger partial charge in [-0.25, -0.2) is 4.68 Å². The van der Waals surface area contributed by atoms with Crippen LogP contribution in [0.1, 0.15) is 42.1 Å². The summed E-state index contributed by atoms with van der Waals surface area (Å²) in [5, 5.41) is 6.36. The number of benzene rings is 2. The van der Waals surface area contributed by atoms with Gasteiger partial charge in [-0.15, -0.1) is 0 Å². The molecule has 0 radical (unpaired) electrons. The second-order valence-corrected chi connectivity index (χ2v) is 7.58. The minimum Gasteiger partial charge on any atom is -0.274 e. The number of rotatable bonds is 4. The first kappa shape index (κ1) is 15.8. The minimum absolute atomic E-state index is 0.0168. The summed E-state index contributed by atoms with van der Waals surface area (Å²) >= 11 is 0. The third kappa shape index (κ3) is 2.56. The molecule has 0 N–H and O–H groups in total. The van der Waals surface area contributed by atoms with Gasteiger partial charge in [0, 0.05) is 17.5 Å². The highest BCUT2D eigenvalue weighted by atomic mass is 16.1. The first-order chi connectivity index (χ1) is 12.7. The van der Waals surface area contributed by atoms with Crippen molar-refractivity contribution in [3.63, 3.8) is 0 Å². The smallest absolute Gasteiger partial charge is 0.274 e. The molecule has 3 aromatic rings. The van der Waals surface area contributed by atoms with Gasteiger partial charge in [0.15, 0.2) is 0 Å². The van der Waals surface area contributed by atoms with E-state index in [1.807, 2.05) is 31.2 Å². The highest BCUT2D eigenvalue weighted by Gasteiger charge is 2.37. The van der Waals surface area contributed by atoms with E-state index in [0.29, 0.717) is 18.8 Å². The molecule has 1 saturated carbocycles. The molecule has 132 valence electrons. The molecule has 2 aromatic carbocycles.